The topological polar surface area (TPSA) is 62.5 Å². The molecule has 0 radical (unpaired) electrons. The Labute approximate surface area is 133 Å². The minimum atomic E-state index is 0.609. The van der Waals surface area contributed by atoms with Gasteiger partial charge in [0, 0.05) is 18.7 Å². The summed E-state index contributed by atoms with van der Waals surface area (Å²) in [5.41, 5.74) is 2.02. The zero-order valence-corrected chi connectivity index (χ0v) is 14.4. The molecule has 2 N–H and O–H groups in total. The quantitative estimate of drug-likeness (QED) is 0.648. The molecule has 5 heteroatoms. The normalized spacial score (nSPS) is 22.6. The molecule has 1 heterocycles. The fourth-order valence-electron chi connectivity index (χ4n) is 3.21. The van der Waals surface area contributed by atoms with Crippen LogP contribution in [-0.2, 0) is 6.54 Å². The van der Waals surface area contributed by atoms with E-state index in [2.05, 4.69) is 34.6 Å². The number of nitrogens with one attached hydrogen (secondary N) is 2. The molecule has 0 aromatic carbocycles. The van der Waals surface area contributed by atoms with E-state index in [0.717, 1.165) is 47.9 Å². The molecule has 1 aliphatic carbocycles. The Balaban J connectivity index is 1.90. The SMILES string of the molecule is CCNC(=NCc1c(C)noc1C)NCC1CCCC(C)C1. The molecule has 1 aromatic rings. The van der Waals surface area contributed by atoms with Gasteiger partial charge in [0.2, 0.25) is 0 Å². The maximum absolute atomic E-state index is 5.19. The van der Waals surface area contributed by atoms with Gasteiger partial charge in [-0.25, -0.2) is 4.99 Å². The van der Waals surface area contributed by atoms with Crippen molar-refractivity contribution in [3.63, 3.8) is 0 Å². The summed E-state index contributed by atoms with van der Waals surface area (Å²) in [6.07, 6.45) is 5.41. The van der Waals surface area contributed by atoms with Crippen molar-refractivity contribution in [1.29, 1.82) is 0 Å². The van der Waals surface area contributed by atoms with Crippen molar-refractivity contribution in [3.8, 4) is 0 Å². The van der Waals surface area contributed by atoms with Crippen LogP contribution in [0.4, 0.5) is 0 Å². The summed E-state index contributed by atoms with van der Waals surface area (Å²) in [5.74, 6) is 3.38. The maximum atomic E-state index is 5.19. The number of hydrogen-bond acceptors (Lipinski definition) is 3. The fraction of sp³-hybridized carbons (Fsp3) is 0.765. The lowest BCUT2D eigenvalue weighted by Gasteiger charge is -2.27. The van der Waals surface area contributed by atoms with Crippen LogP contribution in [0.3, 0.4) is 0 Å². The predicted octanol–water partition coefficient (Wildman–Crippen LogP) is 3.17. The van der Waals surface area contributed by atoms with Gasteiger partial charge < -0.3 is 15.2 Å². The second kappa shape index (κ2) is 8.20. The number of guanidine groups is 1. The molecule has 0 bridgehead atoms. The van der Waals surface area contributed by atoms with E-state index < -0.39 is 0 Å². The van der Waals surface area contributed by atoms with Crippen LogP contribution in [0.15, 0.2) is 9.52 Å². The molecule has 1 aliphatic rings. The van der Waals surface area contributed by atoms with Gasteiger partial charge in [-0.05, 0) is 45.4 Å². The zero-order chi connectivity index (χ0) is 15.9. The lowest BCUT2D eigenvalue weighted by Crippen LogP contribution is -2.40. The van der Waals surface area contributed by atoms with Crippen molar-refractivity contribution in [2.45, 2.75) is 59.9 Å². The average Bonchev–Trinajstić information content (AvgIpc) is 2.81. The van der Waals surface area contributed by atoms with Crippen molar-refractivity contribution >= 4 is 5.96 Å². The lowest BCUT2D eigenvalue weighted by atomic mass is 9.82. The summed E-state index contributed by atoms with van der Waals surface area (Å²) >= 11 is 0. The molecule has 5 nitrogen and oxygen atoms in total. The van der Waals surface area contributed by atoms with E-state index >= 15 is 0 Å². The van der Waals surface area contributed by atoms with E-state index in [1.807, 2.05) is 13.8 Å². The van der Waals surface area contributed by atoms with Crippen molar-refractivity contribution in [2.24, 2.45) is 16.8 Å². The van der Waals surface area contributed by atoms with Gasteiger partial charge in [-0.2, -0.15) is 0 Å². The van der Waals surface area contributed by atoms with Crippen LogP contribution in [0.25, 0.3) is 0 Å². The highest BCUT2D eigenvalue weighted by molar-refractivity contribution is 5.79. The van der Waals surface area contributed by atoms with Gasteiger partial charge in [0.15, 0.2) is 5.96 Å². The van der Waals surface area contributed by atoms with Crippen LogP contribution in [0, 0.1) is 25.7 Å². The van der Waals surface area contributed by atoms with Gasteiger partial charge in [-0.3, -0.25) is 0 Å². The largest absolute Gasteiger partial charge is 0.361 e. The molecule has 22 heavy (non-hydrogen) atoms. The van der Waals surface area contributed by atoms with Gasteiger partial charge in [0.1, 0.15) is 5.76 Å². The van der Waals surface area contributed by atoms with Crippen molar-refractivity contribution in [2.75, 3.05) is 13.1 Å². The molecule has 1 aromatic heterocycles. The maximum Gasteiger partial charge on any atom is 0.191 e. The van der Waals surface area contributed by atoms with Gasteiger partial charge in [-0.1, -0.05) is 24.9 Å². The summed E-state index contributed by atoms with van der Waals surface area (Å²) in [5, 5.41) is 10.8. The van der Waals surface area contributed by atoms with Gasteiger partial charge in [-0.15, -0.1) is 0 Å². The molecule has 2 rings (SSSR count). The minimum absolute atomic E-state index is 0.609. The number of rotatable bonds is 5. The van der Waals surface area contributed by atoms with Gasteiger partial charge in [0.05, 0.1) is 12.2 Å². The Morgan fingerprint density at radius 3 is 2.77 bits per heavy atom. The van der Waals surface area contributed by atoms with Crippen LogP contribution in [0.2, 0.25) is 0 Å². The third-order valence-electron chi connectivity index (χ3n) is 4.52. The Hall–Kier alpha value is -1.52. The van der Waals surface area contributed by atoms with Crippen molar-refractivity contribution < 1.29 is 4.52 Å². The van der Waals surface area contributed by atoms with E-state index in [1.54, 1.807) is 0 Å². The monoisotopic (exact) mass is 306 g/mol. The smallest absolute Gasteiger partial charge is 0.191 e. The van der Waals surface area contributed by atoms with E-state index in [0.29, 0.717) is 6.54 Å². The fourth-order valence-corrected chi connectivity index (χ4v) is 3.21. The predicted molar refractivity (Wildman–Crippen MR) is 89.9 cm³/mol. The second-order valence-electron chi connectivity index (χ2n) is 6.52. The van der Waals surface area contributed by atoms with Crippen LogP contribution in [0.1, 0.15) is 56.5 Å². The molecule has 0 saturated heterocycles. The molecular formula is C17H30N4O. The first-order valence-electron chi connectivity index (χ1n) is 8.54. The third-order valence-corrected chi connectivity index (χ3v) is 4.52. The third kappa shape index (κ3) is 4.75. The Morgan fingerprint density at radius 2 is 2.14 bits per heavy atom. The number of aryl methyl sites for hydroxylation is 2. The van der Waals surface area contributed by atoms with Crippen LogP contribution >= 0.6 is 0 Å². The highest BCUT2D eigenvalue weighted by Gasteiger charge is 2.19. The minimum Gasteiger partial charge on any atom is -0.361 e. The molecule has 0 amide bonds. The van der Waals surface area contributed by atoms with E-state index in [1.165, 1.54) is 25.7 Å². The summed E-state index contributed by atoms with van der Waals surface area (Å²) in [4.78, 5) is 4.68. The second-order valence-corrected chi connectivity index (χ2v) is 6.52. The zero-order valence-electron chi connectivity index (χ0n) is 14.4. The lowest BCUT2D eigenvalue weighted by molar-refractivity contribution is 0.282. The molecule has 0 aliphatic heterocycles. The average molecular weight is 306 g/mol. The van der Waals surface area contributed by atoms with E-state index in [-0.39, 0.29) is 0 Å². The van der Waals surface area contributed by atoms with Crippen LogP contribution in [-0.4, -0.2) is 24.2 Å². The standard InChI is InChI=1S/C17H30N4O/c1-5-18-17(19-10-15-8-6-7-12(2)9-15)20-11-16-13(3)21-22-14(16)4/h12,15H,5-11H2,1-4H3,(H2,18,19,20). The van der Waals surface area contributed by atoms with E-state index in [4.69, 9.17) is 4.52 Å². The summed E-state index contributed by atoms with van der Waals surface area (Å²) in [7, 11) is 0. The highest BCUT2D eigenvalue weighted by Crippen LogP contribution is 2.27. The molecule has 0 spiro atoms. The van der Waals surface area contributed by atoms with E-state index in [9.17, 15) is 0 Å². The number of nitrogens with zero attached hydrogens (tertiary/aromatic N) is 2. The summed E-state index contributed by atoms with van der Waals surface area (Å²) < 4.78 is 5.19. The summed E-state index contributed by atoms with van der Waals surface area (Å²) in [6.45, 7) is 10.8. The first-order valence-corrected chi connectivity index (χ1v) is 8.54. The number of hydrogen-bond donors (Lipinski definition) is 2. The molecule has 2 atom stereocenters. The van der Waals surface area contributed by atoms with Gasteiger partial charge >= 0.3 is 0 Å². The van der Waals surface area contributed by atoms with Crippen LogP contribution in [0.5, 0.6) is 0 Å². The Kier molecular flexibility index (Phi) is 6.28. The molecular weight excluding hydrogens is 276 g/mol. The number of aliphatic imine (C=N–C) groups is 1. The summed E-state index contributed by atoms with van der Waals surface area (Å²) in [6, 6.07) is 0. The Bertz CT molecular complexity index is 475. The highest BCUT2D eigenvalue weighted by atomic mass is 16.5. The Morgan fingerprint density at radius 1 is 1.32 bits per heavy atom. The van der Waals surface area contributed by atoms with Crippen molar-refractivity contribution in [1.82, 2.24) is 15.8 Å². The van der Waals surface area contributed by atoms with Gasteiger partial charge in [0.25, 0.3) is 0 Å². The molecule has 2 unspecified atom stereocenters. The number of aromatic nitrogens is 1. The van der Waals surface area contributed by atoms with Crippen molar-refractivity contribution in [3.05, 3.63) is 17.0 Å². The molecule has 1 fully saturated rings. The first kappa shape index (κ1) is 16.8. The first-order chi connectivity index (χ1) is 10.6. The molecule has 1 saturated carbocycles. The molecule has 124 valence electrons. The van der Waals surface area contributed by atoms with Crippen LogP contribution < -0.4 is 10.6 Å².